The molecule has 0 saturated carbocycles. The Labute approximate surface area is 189 Å². The predicted octanol–water partition coefficient (Wildman–Crippen LogP) is 1.86. The Morgan fingerprint density at radius 3 is 2.38 bits per heavy atom. The Balaban J connectivity index is 1.86. The zero-order valence-corrected chi connectivity index (χ0v) is 20.1. The smallest absolute Gasteiger partial charge is 0.230 e. The quantitative estimate of drug-likeness (QED) is 0.505. The van der Waals surface area contributed by atoms with Gasteiger partial charge in [0.1, 0.15) is 5.82 Å². The molecule has 178 valence electrons. The molecule has 12 heteroatoms. The number of rotatable bonds is 9. The van der Waals surface area contributed by atoms with Crippen LogP contribution in [0.3, 0.4) is 0 Å². The van der Waals surface area contributed by atoms with Crippen molar-refractivity contribution >= 4 is 27.6 Å². The first-order chi connectivity index (χ1) is 15.2. The Kier molecular flexibility index (Phi) is 7.57. The molecule has 32 heavy (non-hydrogen) atoms. The molecular formula is C20H33N7O4S. The van der Waals surface area contributed by atoms with Gasteiger partial charge in [-0.05, 0) is 25.7 Å². The molecule has 3 atom stereocenters. The normalized spacial score (nSPS) is 22.0. The van der Waals surface area contributed by atoms with E-state index in [1.54, 1.807) is 23.5 Å². The number of aromatic amines is 1. The van der Waals surface area contributed by atoms with Crippen molar-refractivity contribution in [2.75, 3.05) is 30.6 Å². The van der Waals surface area contributed by atoms with Gasteiger partial charge in [-0.2, -0.15) is 19.4 Å². The fourth-order valence-corrected chi connectivity index (χ4v) is 5.88. The summed E-state index contributed by atoms with van der Waals surface area (Å²) in [6.45, 7) is 3.90. The van der Waals surface area contributed by atoms with E-state index in [4.69, 9.17) is 4.74 Å². The molecule has 3 heterocycles. The van der Waals surface area contributed by atoms with Crippen molar-refractivity contribution in [1.29, 1.82) is 0 Å². The van der Waals surface area contributed by atoms with E-state index in [0.717, 1.165) is 12.8 Å². The number of piperidine rings is 1. The van der Waals surface area contributed by atoms with Gasteiger partial charge in [0, 0.05) is 37.3 Å². The highest BCUT2D eigenvalue weighted by Gasteiger charge is 2.40. The first-order valence-electron chi connectivity index (χ1n) is 10.8. The fraction of sp³-hybridized carbons (Fsp3) is 0.650. The van der Waals surface area contributed by atoms with Crippen LogP contribution in [0.5, 0.6) is 5.88 Å². The fourth-order valence-electron chi connectivity index (χ4n) is 4.32. The Morgan fingerprint density at radius 1 is 1.22 bits per heavy atom. The average molecular weight is 468 g/mol. The summed E-state index contributed by atoms with van der Waals surface area (Å²) < 4.78 is 31.9. The molecule has 2 aromatic rings. The van der Waals surface area contributed by atoms with Crippen molar-refractivity contribution in [2.24, 2.45) is 0 Å². The largest absolute Gasteiger partial charge is 0.481 e. The second-order valence-electron chi connectivity index (χ2n) is 8.11. The number of ether oxygens (including phenoxy) is 1. The molecule has 11 nitrogen and oxygen atoms in total. The maximum atomic E-state index is 12.4. The zero-order chi connectivity index (χ0) is 23.5. The SMILES string of the molecule is CC[C@@H]1CC(N(C)c2nc(Nc3cc(CO)[nH]n3)cc(OC)n2)C[C@H](CC)N1S(C)(=O)=O. The molecule has 1 fully saturated rings. The third-order valence-electron chi connectivity index (χ3n) is 5.95. The van der Waals surface area contributed by atoms with E-state index in [0.29, 0.717) is 42.0 Å². The summed E-state index contributed by atoms with van der Waals surface area (Å²) in [7, 11) is 0.180. The van der Waals surface area contributed by atoms with Crippen LogP contribution in [0.1, 0.15) is 45.2 Å². The summed E-state index contributed by atoms with van der Waals surface area (Å²) in [4.78, 5) is 11.1. The first kappa shape index (κ1) is 24.2. The molecule has 3 N–H and O–H groups in total. The van der Waals surface area contributed by atoms with E-state index in [-0.39, 0.29) is 24.7 Å². The minimum atomic E-state index is -3.29. The Morgan fingerprint density at radius 2 is 1.88 bits per heavy atom. The lowest BCUT2D eigenvalue weighted by Gasteiger charge is -2.45. The standard InChI is InChI=1S/C20H33N7O4S/c1-6-14-9-16(10-15(7-2)27(14)32(5,29)30)26(3)20-22-17(11-19(23-20)31-4)21-18-8-13(12-28)24-25-18/h8,11,14-16,28H,6-7,9-10,12H2,1-5H3,(H2,21,22,23,24,25)/t14-,15+,16?. The number of hydrogen-bond acceptors (Lipinski definition) is 9. The van der Waals surface area contributed by atoms with Crippen LogP contribution in [0.15, 0.2) is 12.1 Å². The third kappa shape index (κ3) is 5.30. The molecule has 3 rings (SSSR count). The van der Waals surface area contributed by atoms with Crippen molar-refractivity contribution in [1.82, 2.24) is 24.5 Å². The van der Waals surface area contributed by atoms with E-state index < -0.39 is 10.0 Å². The molecular weight excluding hydrogens is 434 g/mol. The highest BCUT2D eigenvalue weighted by Crippen LogP contribution is 2.33. The van der Waals surface area contributed by atoms with Crippen LogP contribution in [0.25, 0.3) is 0 Å². The molecule has 0 radical (unpaired) electrons. The first-order valence-corrected chi connectivity index (χ1v) is 12.6. The van der Waals surface area contributed by atoms with Gasteiger partial charge < -0.3 is 20.1 Å². The summed E-state index contributed by atoms with van der Waals surface area (Å²) in [6.07, 6.45) is 4.17. The molecule has 1 aliphatic rings. The highest BCUT2D eigenvalue weighted by molar-refractivity contribution is 7.88. The molecule has 0 amide bonds. The topological polar surface area (TPSA) is 137 Å². The molecule has 0 spiro atoms. The maximum absolute atomic E-state index is 12.4. The van der Waals surface area contributed by atoms with Crippen molar-refractivity contribution in [3.63, 3.8) is 0 Å². The number of methoxy groups -OCH3 is 1. The number of aliphatic hydroxyl groups excluding tert-OH is 1. The number of sulfonamides is 1. The van der Waals surface area contributed by atoms with Gasteiger partial charge in [-0.25, -0.2) is 8.42 Å². The lowest BCUT2D eigenvalue weighted by molar-refractivity contribution is 0.154. The van der Waals surface area contributed by atoms with E-state index in [1.165, 1.54) is 6.26 Å². The van der Waals surface area contributed by atoms with Gasteiger partial charge in [-0.3, -0.25) is 5.10 Å². The summed E-state index contributed by atoms with van der Waals surface area (Å²) >= 11 is 0. The molecule has 0 aromatic carbocycles. The van der Waals surface area contributed by atoms with Crippen LogP contribution in [-0.4, -0.2) is 76.5 Å². The van der Waals surface area contributed by atoms with Crippen molar-refractivity contribution in [3.05, 3.63) is 17.8 Å². The van der Waals surface area contributed by atoms with Gasteiger partial charge >= 0.3 is 0 Å². The summed E-state index contributed by atoms with van der Waals surface area (Å²) in [5.41, 5.74) is 0.583. The van der Waals surface area contributed by atoms with Crippen molar-refractivity contribution in [3.8, 4) is 5.88 Å². The Bertz CT molecular complexity index is 999. The monoisotopic (exact) mass is 467 g/mol. The lowest BCUT2D eigenvalue weighted by Crippen LogP contribution is -2.56. The number of anilines is 3. The Hall–Kier alpha value is -2.44. The third-order valence-corrected chi connectivity index (χ3v) is 7.32. The van der Waals surface area contributed by atoms with Gasteiger partial charge in [0.15, 0.2) is 5.82 Å². The second kappa shape index (κ2) is 10.0. The van der Waals surface area contributed by atoms with Gasteiger partial charge in [0.2, 0.25) is 21.9 Å². The van der Waals surface area contributed by atoms with Crippen molar-refractivity contribution < 1.29 is 18.3 Å². The number of aromatic nitrogens is 4. The molecule has 0 bridgehead atoms. The molecule has 2 aromatic heterocycles. The van der Waals surface area contributed by atoms with Crippen LogP contribution >= 0.6 is 0 Å². The van der Waals surface area contributed by atoms with Crippen LogP contribution < -0.4 is 15.0 Å². The molecule has 1 aliphatic heterocycles. The summed E-state index contributed by atoms with van der Waals surface area (Å²) in [5.74, 6) is 1.89. The maximum Gasteiger partial charge on any atom is 0.230 e. The van der Waals surface area contributed by atoms with Crippen LogP contribution in [0, 0.1) is 0 Å². The van der Waals surface area contributed by atoms with E-state index in [9.17, 15) is 13.5 Å². The minimum absolute atomic E-state index is 0.0692. The number of hydrogen-bond donors (Lipinski definition) is 3. The van der Waals surface area contributed by atoms with Gasteiger partial charge in [-0.1, -0.05) is 13.8 Å². The van der Waals surface area contributed by atoms with Crippen LogP contribution in [-0.2, 0) is 16.6 Å². The van der Waals surface area contributed by atoms with Gasteiger partial charge in [0.25, 0.3) is 0 Å². The lowest BCUT2D eigenvalue weighted by atomic mass is 9.90. The van der Waals surface area contributed by atoms with E-state index in [2.05, 4.69) is 25.5 Å². The summed E-state index contributed by atoms with van der Waals surface area (Å²) in [5, 5.41) is 19.2. The van der Waals surface area contributed by atoms with E-state index in [1.807, 2.05) is 25.8 Å². The van der Waals surface area contributed by atoms with E-state index >= 15 is 0 Å². The molecule has 1 saturated heterocycles. The second-order valence-corrected chi connectivity index (χ2v) is 10.00. The molecule has 1 unspecified atom stereocenters. The number of H-pyrrole nitrogens is 1. The average Bonchev–Trinajstić information content (AvgIpc) is 3.23. The summed E-state index contributed by atoms with van der Waals surface area (Å²) in [6, 6.07) is 3.30. The van der Waals surface area contributed by atoms with Crippen LogP contribution in [0.4, 0.5) is 17.6 Å². The highest BCUT2D eigenvalue weighted by atomic mass is 32.2. The predicted molar refractivity (Wildman–Crippen MR) is 123 cm³/mol. The van der Waals surface area contributed by atoms with Crippen LogP contribution in [0.2, 0.25) is 0 Å². The number of nitrogens with one attached hydrogen (secondary N) is 2. The number of aliphatic hydroxyl groups is 1. The zero-order valence-electron chi connectivity index (χ0n) is 19.2. The minimum Gasteiger partial charge on any atom is -0.481 e. The van der Waals surface area contributed by atoms with Crippen molar-refractivity contribution in [2.45, 2.75) is 64.3 Å². The number of nitrogens with zero attached hydrogens (tertiary/aromatic N) is 5. The van der Waals surface area contributed by atoms with Gasteiger partial charge in [-0.15, -0.1) is 0 Å². The molecule has 0 aliphatic carbocycles. The van der Waals surface area contributed by atoms with Gasteiger partial charge in [0.05, 0.1) is 25.7 Å².